The van der Waals surface area contributed by atoms with Crippen LogP contribution in [0.1, 0.15) is 49.9 Å². The van der Waals surface area contributed by atoms with Gasteiger partial charge >= 0.3 is 0 Å². The second kappa shape index (κ2) is 9.89. The zero-order chi connectivity index (χ0) is 17.2. The Morgan fingerprint density at radius 3 is 2.30 bits per heavy atom. The van der Waals surface area contributed by atoms with E-state index in [1.165, 1.54) is 18.2 Å². The number of nitrogens with zero attached hydrogens (tertiary/aromatic N) is 2. The first-order valence-electron chi connectivity index (χ1n) is 7.84. The fourth-order valence-electron chi connectivity index (χ4n) is 2.08. The van der Waals surface area contributed by atoms with Crippen LogP contribution >= 0.6 is 12.2 Å². The first-order valence-corrected chi connectivity index (χ1v) is 8.25. The zero-order valence-electron chi connectivity index (χ0n) is 13.6. The third-order valence-electron chi connectivity index (χ3n) is 3.42. The van der Waals surface area contributed by atoms with Gasteiger partial charge in [-0.15, -0.1) is 0 Å². The Labute approximate surface area is 142 Å². The summed E-state index contributed by atoms with van der Waals surface area (Å²) in [7, 11) is 0. The van der Waals surface area contributed by atoms with Gasteiger partial charge in [-0.3, -0.25) is 20.2 Å². The maximum Gasteiger partial charge on any atom is 0.282 e. The molecule has 0 radical (unpaired) electrons. The number of carbonyl (C=O) groups is 1. The number of para-hydroxylation sites is 1. The number of rotatable bonds is 8. The Hall–Kier alpha value is -2.02. The van der Waals surface area contributed by atoms with Gasteiger partial charge in [0.15, 0.2) is 5.11 Å². The van der Waals surface area contributed by atoms with Gasteiger partial charge in [0.2, 0.25) is 0 Å². The predicted octanol–water partition coefficient (Wildman–Crippen LogP) is 3.51. The molecule has 0 aliphatic carbocycles. The van der Waals surface area contributed by atoms with Crippen LogP contribution in [-0.2, 0) is 0 Å². The molecule has 0 aliphatic heterocycles. The number of nitro groups is 1. The fourth-order valence-corrected chi connectivity index (χ4v) is 2.36. The average Bonchev–Trinajstić information content (AvgIpc) is 2.54. The highest BCUT2D eigenvalue weighted by Crippen LogP contribution is 2.17. The quantitative estimate of drug-likeness (QED) is 0.446. The van der Waals surface area contributed by atoms with Crippen LogP contribution in [0.5, 0.6) is 0 Å². The van der Waals surface area contributed by atoms with E-state index in [0.29, 0.717) is 5.11 Å². The van der Waals surface area contributed by atoms with E-state index in [4.69, 9.17) is 12.2 Å². The fraction of sp³-hybridized carbons (Fsp3) is 0.500. The molecule has 0 fully saturated rings. The number of benzene rings is 1. The van der Waals surface area contributed by atoms with Crippen molar-refractivity contribution in [1.82, 2.24) is 10.2 Å². The van der Waals surface area contributed by atoms with Gasteiger partial charge in [0.05, 0.1) is 4.92 Å². The van der Waals surface area contributed by atoms with Gasteiger partial charge in [0, 0.05) is 19.2 Å². The molecule has 0 spiro atoms. The minimum Gasteiger partial charge on any atom is -0.349 e. The molecular weight excluding hydrogens is 314 g/mol. The van der Waals surface area contributed by atoms with Crippen LogP contribution in [0, 0.1) is 10.1 Å². The molecule has 7 heteroatoms. The number of thiocarbonyl (C=S) groups is 1. The summed E-state index contributed by atoms with van der Waals surface area (Å²) < 4.78 is 0. The lowest BCUT2D eigenvalue weighted by atomic mass is 10.1. The van der Waals surface area contributed by atoms with E-state index in [1.807, 2.05) is 4.90 Å². The zero-order valence-corrected chi connectivity index (χ0v) is 14.4. The van der Waals surface area contributed by atoms with Crippen LogP contribution in [0.2, 0.25) is 0 Å². The molecule has 1 aromatic carbocycles. The van der Waals surface area contributed by atoms with E-state index in [0.717, 1.165) is 38.8 Å². The normalized spacial score (nSPS) is 10.2. The SMILES string of the molecule is CCCCN(CCCC)C(=S)NC(=O)c1ccccc1[N+](=O)[O-]. The van der Waals surface area contributed by atoms with Crippen molar-refractivity contribution < 1.29 is 9.72 Å². The molecule has 0 saturated carbocycles. The van der Waals surface area contributed by atoms with Crippen LogP contribution in [0.25, 0.3) is 0 Å². The summed E-state index contributed by atoms with van der Waals surface area (Å²) in [5.41, 5.74) is -0.202. The summed E-state index contributed by atoms with van der Waals surface area (Å²) in [6.45, 7) is 5.72. The molecule has 0 heterocycles. The summed E-state index contributed by atoms with van der Waals surface area (Å²) in [4.78, 5) is 24.7. The monoisotopic (exact) mass is 337 g/mol. The lowest BCUT2D eigenvalue weighted by Gasteiger charge is -2.25. The average molecular weight is 337 g/mol. The molecule has 0 aromatic heterocycles. The van der Waals surface area contributed by atoms with Gasteiger partial charge in [-0.1, -0.05) is 38.8 Å². The summed E-state index contributed by atoms with van der Waals surface area (Å²) in [6.07, 6.45) is 4.02. The van der Waals surface area contributed by atoms with Crippen LogP contribution < -0.4 is 5.32 Å². The van der Waals surface area contributed by atoms with Crippen molar-refractivity contribution in [2.24, 2.45) is 0 Å². The topological polar surface area (TPSA) is 75.5 Å². The van der Waals surface area contributed by atoms with Gasteiger partial charge in [-0.25, -0.2) is 0 Å². The first-order chi connectivity index (χ1) is 11.0. The molecule has 0 unspecified atom stereocenters. The van der Waals surface area contributed by atoms with E-state index in [-0.39, 0.29) is 11.3 Å². The maximum atomic E-state index is 12.3. The predicted molar refractivity (Wildman–Crippen MR) is 94.5 cm³/mol. The Kier molecular flexibility index (Phi) is 8.18. The molecule has 1 amide bonds. The van der Waals surface area contributed by atoms with E-state index in [2.05, 4.69) is 19.2 Å². The number of amides is 1. The van der Waals surface area contributed by atoms with Crippen molar-refractivity contribution in [3.8, 4) is 0 Å². The van der Waals surface area contributed by atoms with Crippen LogP contribution in [0.4, 0.5) is 5.69 Å². The molecule has 0 aliphatic rings. The largest absolute Gasteiger partial charge is 0.349 e. The van der Waals surface area contributed by atoms with E-state index in [9.17, 15) is 14.9 Å². The maximum absolute atomic E-state index is 12.3. The second-order valence-electron chi connectivity index (χ2n) is 5.23. The summed E-state index contributed by atoms with van der Waals surface area (Å²) in [5, 5.41) is 14.0. The minimum absolute atomic E-state index is 0.0192. The molecule has 23 heavy (non-hydrogen) atoms. The van der Waals surface area contributed by atoms with Gasteiger partial charge < -0.3 is 4.90 Å². The molecule has 6 nitrogen and oxygen atoms in total. The van der Waals surface area contributed by atoms with E-state index in [1.54, 1.807) is 6.07 Å². The molecule has 1 N–H and O–H groups in total. The molecule has 126 valence electrons. The van der Waals surface area contributed by atoms with Gasteiger partial charge in [-0.2, -0.15) is 0 Å². The highest BCUT2D eigenvalue weighted by atomic mass is 32.1. The Bertz CT molecular complexity index is 555. The number of nitro benzene ring substituents is 1. The van der Waals surface area contributed by atoms with Crippen LogP contribution in [0.15, 0.2) is 24.3 Å². The summed E-state index contributed by atoms with van der Waals surface area (Å²) in [5.74, 6) is -0.541. The van der Waals surface area contributed by atoms with Crippen molar-refractivity contribution in [2.45, 2.75) is 39.5 Å². The standard InChI is InChI=1S/C16H23N3O3S/c1-3-5-11-18(12-6-4-2)16(23)17-15(20)13-9-7-8-10-14(13)19(21)22/h7-10H,3-6,11-12H2,1-2H3,(H,17,20,23). The second-order valence-corrected chi connectivity index (χ2v) is 5.61. The van der Waals surface area contributed by atoms with Crippen LogP contribution in [0.3, 0.4) is 0 Å². The van der Waals surface area contributed by atoms with Gasteiger partial charge in [0.1, 0.15) is 5.56 Å². The molecule has 1 aromatic rings. The number of unbranched alkanes of at least 4 members (excludes halogenated alkanes) is 2. The smallest absolute Gasteiger partial charge is 0.282 e. The Morgan fingerprint density at radius 1 is 1.22 bits per heavy atom. The van der Waals surface area contributed by atoms with Crippen molar-refractivity contribution in [3.05, 3.63) is 39.9 Å². The van der Waals surface area contributed by atoms with Crippen molar-refractivity contribution >= 4 is 28.9 Å². The Morgan fingerprint density at radius 2 is 1.78 bits per heavy atom. The summed E-state index contributed by atoms with van der Waals surface area (Å²) >= 11 is 5.31. The first kappa shape index (κ1) is 19.0. The molecule has 0 atom stereocenters. The van der Waals surface area contributed by atoms with Crippen molar-refractivity contribution in [2.75, 3.05) is 13.1 Å². The molecular formula is C16H23N3O3S. The minimum atomic E-state index is -0.566. The lowest BCUT2D eigenvalue weighted by Crippen LogP contribution is -2.43. The molecule has 0 bridgehead atoms. The highest BCUT2D eigenvalue weighted by molar-refractivity contribution is 7.80. The van der Waals surface area contributed by atoms with Crippen LogP contribution in [-0.4, -0.2) is 33.9 Å². The highest BCUT2D eigenvalue weighted by Gasteiger charge is 2.21. The Balaban J connectivity index is 2.81. The third kappa shape index (κ3) is 5.94. The lowest BCUT2D eigenvalue weighted by molar-refractivity contribution is -0.385. The van der Waals surface area contributed by atoms with Gasteiger partial charge in [0.25, 0.3) is 11.6 Å². The van der Waals surface area contributed by atoms with Crippen molar-refractivity contribution in [3.63, 3.8) is 0 Å². The number of hydrogen-bond donors (Lipinski definition) is 1. The molecule has 1 rings (SSSR count). The number of nitrogens with one attached hydrogen (secondary N) is 1. The summed E-state index contributed by atoms with van der Waals surface area (Å²) in [6, 6.07) is 5.86. The number of carbonyl (C=O) groups excluding carboxylic acids is 1. The van der Waals surface area contributed by atoms with E-state index >= 15 is 0 Å². The molecule has 0 saturated heterocycles. The van der Waals surface area contributed by atoms with Gasteiger partial charge in [-0.05, 0) is 31.1 Å². The number of hydrogen-bond acceptors (Lipinski definition) is 4. The van der Waals surface area contributed by atoms with E-state index < -0.39 is 10.8 Å². The third-order valence-corrected chi connectivity index (χ3v) is 3.78. The van der Waals surface area contributed by atoms with Crippen molar-refractivity contribution in [1.29, 1.82) is 0 Å².